The number of rotatable bonds is 7. The van der Waals surface area contributed by atoms with Gasteiger partial charge in [0.1, 0.15) is 17.1 Å². The minimum atomic E-state index is -0.645. The number of methoxy groups -OCH3 is 2. The van der Waals surface area contributed by atoms with Crippen molar-refractivity contribution in [3.05, 3.63) is 29.6 Å². The summed E-state index contributed by atoms with van der Waals surface area (Å²) in [5.74, 6) is -0.977. The maximum Gasteiger partial charge on any atom is 0.260 e. The summed E-state index contributed by atoms with van der Waals surface area (Å²) in [5.41, 5.74) is -0.121. The van der Waals surface area contributed by atoms with Crippen LogP contribution in [0.4, 0.5) is 4.39 Å². The van der Waals surface area contributed by atoms with Crippen LogP contribution in [0.3, 0.4) is 0 Å². The van der Waals surface area contributed by atoms with Gasteiger partial charge in [0.05, 0.1) is 26.2 Å². The van der Waals surface area contributed by atoms with Gasteiger partial charge >= 0.3 is 0 Å². The van der Waals surface area contributed by atoms with Crippen molar-refractivity contribution in [1.29, 1.82) is 5.26 Å². The van der Waals surface area contributed by atoms with Crippen LogP contribution in [0.15, 0.2) is 18.2 Å². The summed E-state index contributed by atoms with van der Waals surface area (Å²) in [6.07, 6.45) is 0.173. The molecular weight excluding hydrogens is 263 g/mol. The van der Waals surface area contributed by atoms with Crippen LogP contribution in [0.5, 0.6) is 5.75 Å². The summed E-state index contributed by atoms with van der Waals surface area (Å²) >= 11 is 0. The third kappa shape index (κ3) is 3.93. The van der Waals surface area contributed by atoms with Crippen molar-refractivity contribution in [1.82, 2.24) is 4.90 Å². The molecule has 108 valence electrons. The SMILES string of the molecule is COCCN(CCC#N)C(=O)c1c(F)cccc1OC. The lowest BCUT2D eigenvalue weighted by atomic mass is 10.1. The summed E-state index contributed by atoms with van der Waals surface area (Å²) in [6.45, 7) is 0.818. The second-order valence-electron chi connectivity index (χ2n) is 4.01. The van der Waals surface area contributed by atoms with Gasteiger partial charge in [-0.25, -0.2) is 4.39 Å². The standard InChI is InChI=1S/C14H17FN2O3/c1-19-10-9-17(8-4-7-16)14(18)13-11(15)5-3-6-12(13)20-2/h3,5-6H,4,8-10H2,1-2H3. The van der Waals surface area contributed by atoms with Crippen molar-refractivity contribution in [2.75, 3.05) is 33.9 Å². The smallest absolute Gasteiger partial charge is 0.260 e. The molecule has 1 amide bonds. The molecule has 20 heavy (non-hydrogen) atoms. The second kappa shape index (κ2) is 8.12. The highest BCUT2D eigenvalue weighted by molar-refractivity contribution is 5.97. The monoisotopic (exact) mass is 280 g/mol. The second-order valence-corrected chi connectivity index (χ2v) is 4.01. The van der Waals surface area contributed by atoms with Crippen molar-refractivity contribution in [3.8, 4) is 11.8 Å². The molecular formula is C14H17FN2O3. The van der Waals surface area contributed by atoms with Crippen LogP contribution in [-0.4, -0.2) is 44.7 Å². The minimum absolute atomic E-state index is 0.121. The van der Waals surface area contributed by atoms with E-state index >= 15 is 0 Å². The van der Waals surface area contributed by atoms with E-state index in [0.717, 1.165) is 0 Å². The first-order valence-corrected chi connectivity index (χ1v) is 6.13. The zero-order chi connectivity index (χ0) is 15.0. The molecule has 5 nitrogen and oxygen atoms in total. The molecule has 0 radical (unpaired) electrons. The quantitative estimate of drug-likeness (QED) is 0.764. The highest BCUT2D eigenvalue weighted by Crippen LogP contribution is 2.23. The largest absolute Gasteiger partial charge is 0.496 e. The average molecular weight is 280 g/mol. The number of nitrogens with zero attached hydrogens (tertiary/aromatic N) is 2. The number of halogens is 1. The zero-order valence-electron chi connectivity index (χ0n) is 11.6. The van der Waals surface area contributed by atoms with Gasteiger partial charge in [-0.3, -0.25) is 4.79 Å². The van der Waals surface area contributed by atoms with E-state index in [1.54, 1.807) is 0 Å². The van der Waals surface area contributed by atoms with Crippen LogP contribution < -0.4 is 4.74 Å². The van der Waals surface area contributed by atoms with E-state index < -0.39 is 11.7 Å². The Morgan fingerprint density at radius 3 is 2.75 bits per heavy atom. The van der Waals surface area contributed by atoms with E-state index in [-0.39, 0.29) is 30.8 Å². The summed E-state index contributed by atoms with van der Waals surface area (Å²) in [7, 11) is 2.89. The molecule has 0 bridgehead atoms. The first-order chi connectivity index (χ1) is 9.65. The molecule has 0 aromatic heterocycles. The molecule has 0 aliphatic heterocycles. The Hall–Kier alpha value is -2.13. The normalized spacial score (nSPS) is 9.90. The number of amides is 1. The molecule has 0 unspecified atom stereocenters. The van der Waals surface area contributed by atoms with E-state index in [9.17, 15) is 9.18 Å². The first kappa shape index (κ1) is 15.9. The van der Waals surface area contributed by atoms with Gasteiger partial charge in [-0.1, -0.05) is 6.07 Å². The number of carbonyl (C=O) groups excluding carboxylic acids is 1. The highest BCUT2D eigenvalue weighted by Gasteiger charge is 2.23. The van der Waals surface area contributed by atoms with Crippen LogP contribution in [-0.2, 0) is 4.74 Å². The van der Waals surface area contributed by atoms with Gasteiger partial charge in [-0.2, -0.15) is 5.26 Å². The molecule has 0 saturated carbocycles. The first-order valence-electron chi connectivity index (χ1n) is 6.13. The lowest BCUT2D eigenvalue weighted by Crippen LogP contribution is -2.35. The molecule has 1 rings (SSSR count). The lowest BCUT2D eigenvalue weighted by Gasteiger charge is -2.22. The number of nitriles is 1. The number of ether oxygens (including phenoxy) is 2. The molecule has 0 spiro atoms. The van der Waals surface area contributed by atoms with Crippen molar-refractivity contribution in [3.63, 3.8) is 0 Å². The van der Waals surface area contributed by atoms with Gasteiger partial charge in [-0.05, 0) is 12.1 Å². The Morgan fingerprint density at radius 2 is 2.15 bits per heavy atom. The predicted octanol–water partition coefficient (Wildman–Crippen LogP) is 1.84. The Morgan fingerprint density at radius 1 is 1.40 bits per heavy atom. The summed E-state index contributed by atoms with van der Waals surface area (Å²) in [6, 6.07) is 6.16. The summed E-state index contributed by atoms with van der Waals surface area (Å²) in [5, 5.41) is 8.63. The van der Waals surface area contributed by atoms with Gasteiger partial charge in [0, 0.05) is 20.2 Å². The van der Waals surface area contributed by atoms with E-state index in [2.05, 4.69) is 0 Å². The Kier molecular flexibility index (Phi) is 6.47. The van der Waals surface area contributed by atoms with Crippen molar-refractivity contribution < 1.29 is 18.7 Å². The molecule has 0 aliphatic rings. The number of benzene rings is 1. The minimum Gasteiger partial charge on any atom is -0.496 e. The Bertz CT molecular complexity index is 500. The van der Waals surface area contributed by atoms with E-state index in [4.69, 9.17) is 14.7 Å². The molecule has 6 heteroatoms. The molecule has 1 aromatic carbocycles. The van der Waals surface area contributed by atoms with E-state index in [1.165, 1.54) is 37.3 Å². The average Bonchev–Trinajstić information content (AvgIpc) is 2.46. The fraction of sp³-hybridized carbons (Fsp3) is 0.429. The van der Waals surface area contributed by atoms with Gasteiger partial charge < -0.3 is 14.4 Å². The van der Waals surface area contributed by atoms with Crippen LogP contribution in [0, 0.1) is 17.1 Å². The van der Waals surface area contributed by atoms with Crippen molar-refractivity contribution >= 4 is 5.91 Å². The molecule has 0 N–H and O–H groups in total. The maximum atomic E-state index is 13.9. The number of carbonyl (C=O) groups is 1. The Labute approximate surface area is 117 Å². The number of hydrogen-bond acceptors (Lipinski definition) is 4. The van der Waals surface area contributed by atoms with Crippen LogP contribution in [0.1, 0.15) is 16.8 Å². The number of hydrogen-bond donors (Lipinski definition) is 0. The molecule has 0 atom stereocenters. The fourth-order valence-electron chi connectivity index (χ4n) is 1.74. The molecule has 1 aromatic rings. The van der Waals surface area contributed by atoms with Crippen molar-refractivity contribution in [2.24, 2.45) is 0 Å². The molecule has 0 fully saturated rings. The molecule has 0 aliphatic carbocycles. The van der Waals surface area contributed by atoms with Crippen LogP contribution in [0.2, 0.25) is 0 Å². The highest BCUT2D eigenvalue weighted by atomic mass is 19.1. The zero-order valence-corrected chi connectivity index (χ0v) is 11.6. The topological polar surface area (TPSA) is 62.6 Å². The third-order valence-corrected chi connectivity index (χ3v) is 2.76. The summed E-state index contributed by atoms with van der Waals surface area (Å²) in [4.78, 5) is 13.8. The van der Waals surface area contributed by atoms with Crippen LogP contribution in [0.25, 0.3) is 0 Å². The fourth-order valence-corrected chi connectivity index (χ4v) is 1.74. The maximum absolute atomic E-state index is 13.9. The van der Waals surface area contributed by atoms with E-state index in [1.807, 2.05) is 6.07 Å². The lowest BCUT2D eigenvalue weighted by molar-refractivity contribution is 0.0691. The predicted molar refractivity (Wildman–Crippen MR) is 71.0 cm³/mol. The van der Waals surface area contributed by atoms with Gasteiger partial charge in [0.15, 0.2) is 0 Å². The molecule has 0 saturated heterocycles. The van der Waals surface area contributed by atoms with Gasteiger partial charge in [0.25, 0.3) is 5.91 Å². The van der Waals surface area contributed by atoms with Crippen LogP contribution >= 0.6 is 0 Å². The third-order valence-electron chi connectivity index (χ3n) is 2.76. The van der Waals surface area contributed by atoms with Gasteiger partial charge in [-0.15, -0.1) is 0 Å². The molecule has 0 heterocycles. The van der Waals surface area contributed by atoms with Crippen molar-refractivity contribution in [2.45, 2.75) is 6.42 Å². The van der Waals surface area contributed by atoms with E-state index in [0.29, 0.717) is 6.61 Å². The Balaban J connectivity index is 3.02. The van der Waals surface area contributed by atoms with Gasteiger partial charge in [0.2, 0.25) is 0 Å². The summed E-state index contributed by atoms with van der Waals surface area (Å²) < 4.78 is 23.8.